The van der Waals surface area contributed by atoms with E-state index in [1.54, 1.807) is 0 Å². The molecule has 0 N–H and O–H groups in total. The van der Waals surface area contributed by atoms with Crippen molar-refractivity contribution in [2.45, 2.75) is 56.5 Å². The molecule has 0 radical (unpaired) electrons. The monoisotopic (exact) mass is 381 g/mol. The molecule has 3 atom stereocenters. The van der Waals surface area contributed by atoms with E-state index in [-0.39, 0.29) is 18.4 Å². The van der Waals surface area contributed by atoms with E-state index in [0.717, 1.165) is 32.4 Å². The Morgan fingerprint density at radius 1 is 0.964 bits per heavy atom. The van der Waals surface area contributed by atoms with Crippen LogP contribution in [0, 0.1) is 5.92 Å². The lowest BCUT2D eigenvalue weighted by atomic mass is 9.75. The van der Waals surface area contributed by atoms with Crippen LogP contribution in [0.5, 0.6) is 0 Å². The van der Waals surface area contributed by atoms with E-state index >= 15 is 0 Å². The molecule has 1 aromatic carbocycles. The Morgan fingerprint density at radius 3 is 2.54 bits per heavy atom. The van der Waals surface area contributed by atoms with Gasteiger partial charge in [-0.15, -0.1) is 0 Å². The number of rotatable bonds is 3. The van der Waals surface area contributed by atoms with Crippen molar-refractivity contribution in [3.63, 3.8) is 0 Å². The minimum Gasteiger partial charge on any atom is -0.336 e. The van der Waals surface area contributed by atoms with Crippen molar-refractivity contribution < 1.29 is 9.59 Å². The second-order valence-electron chi connectivity index (χ2n) is 9.04. The van der Waals surface area contributed by atoms with Gasteiger partial charge in [0.05, 0.1) is 12.6 Å². The van der Waals surface area contributed by atoms with Crippen molar-refractivity contribution in [3.8, 4) is 0 Å². The Balaban J connectivity index is 1.39. The molecule has 0 aromatic heterocycles. The third-order valence-corrected chi connectivity index (χ3v) is 7.54. The molecule has 1 aromatic rings. The molecule has 5 nitrogen and oxygen atoms in total. The average Bonchev–Trinajstić information content (AvgIpc) is 3.06. The summed E-state index contributed by atoms with van der Waals surface area (Å²) in [6.07, 6.45) is 6.09. The molecule has 0 unspecified atom stereocenters. The van der Waals surface area contributed by atoms with Crippen molar-refractivity contribution in [1.29, 1.82) is 0 Å². The molecular formula is C23H31N3O2. The van der Waals surface area contributed by atoms with Crippen LogP contribution < -0.4 is 0 Å². The quantitative estimate of drug-likeness (QED) is 0.808. The first-order chi connectivity index (χ1) is 13.7. The normalized spacial score (nSPS) is 35.0. The van der Waals surface area contributed by atoms with Crippen molar-refractivity contribution >= 4 is 11.8 Å². The highest BCUT2D eigenvalue weighted by molar-refractivity contribution is 5.85. The Morgan fingerprint density at radius 2 is 1.75 bits per heavy atom. The molecule has 0 saturated carbocycles. The maximum atomic E-state index is 13.4. The summed E-state index contributed by atoms with van der Waals surface area (Å²) in [5.41, 5.74) is 1.35. The summed E-state index contributed by atoms with van der Waals surface area (Å²) in [6.45, 7) is 4.15. The molecule has 2 amide bonds. The van der Waals surface area contributed by atoms with Crippen molar-refractivity contribution in [2.24, 2.45) is 5.92 Å². The second kappa shape index (κ2) is 7.51. The van der Waals surface area contributed by atoms with Crippen LogP contribution in [0.3, 0.4) is 0 Å². The zero-order chi connectivity index (χ0) is 19.1. The van der Waals surface area contributed by atoms with Crippen LogP contribution in [0.25, 0.3) is 0 Å². The summed E-state index contributed by atoms with van der Waals surface area (Å²) < 4.78 is 0. The predicted molar refractivity (Wildman–Crippen MR) is 108 cm³/mol. The summed E-state index contributed by atoms with van der Waals surface area (Å²) in [4.78, 5) is 32.4. The van der Waals surface area contributed by atoms with E-state index < -0.39 is 0 Å². The van der Waals surface area contributed by atoms with Crippen LogP contribution in [0.4, 0.5) is 0 Å². The highest BCUT2D eigenvalue weighted by atomic mass is 16.2. The van der Waals surface area contributed by atoms with E-state index in [2.05, 4.69) is 40.1 Å². The smallest absolute Gasteiger partial charge is 0.242 e. The van der Waals surface area contributed by atoms with Gasteiger partial charge in [0.1, 0.15) is 0 Å². The lowest BCUT2D eigenvalue weighted by Crippen LogP contribution is -2.61. The molecule has 5 saturated heterocycles. The SMILES string of the molecule is O=C1CCCCCN1CC(=O)N1C[C@H](c2ccccc2)[C@H]2[C@@H]1C1CCN2CC1. The van der Waals surface area contributed by atoms with E-state index in [1.807, 2.05) is 4.90 Å². The Labute approximate surface area is 167 Å². The fraction of sp³-hybridized carbons (Fsp3) is 0.652. The molecule has 0 aliphatic carbocycles. The molecule has 2 bridgehead atoms. The third-order valence-electron chi connectivity index (χ3n) is 7.54. The zero-order valence-electron chi connectivity index (χ0n) is 16.6. The van der Waals surface area contributed by atoms with E-state index in [4.69, 9.17) is 0 Å². The molecular weight excluding hydrogens is 350 g/mol. The molecule has 28 heavy (non-hydrogen) atoms. The van der Waals surface area contributed by atoms with Gasteiger partial charge in [-0.2, -0.15) is 0 Å². The first kappa shape index (κ1) is 18.2. The van der Waals surface area contributed by atoms with Gasteiger partial charge in [0.15, 0.2) is 0 Å². The van der Waals surface area contributed by atoms with Crippen LogP contribution in [0.15, 0.2) is 30.3 Å². The van der Waals surface area contributed by atoms with Gasteiger partial charge in [-0.1, -0.05) is 36.8 Å². The number of carbonyl (C=O) groups is 2. The largest absolute Gasteiger partial charge is 0.336 e. The first-order valence-corrected chi connectivity index (χ1v) is 11.1. The number of hydrogen-bond donors (Lipinski definition) is 0. The second-order valence-corrected chi connectivity index (χ2v) is 9.04. The van der Waals surface area contributed by atoms with Crippen molar-refractivity contribution in [1.82, 2.24) is 14.7 Å². The molecule has 5 heteroatoms. The lowest BCUT2D eigenvalue weighted by molar-refractivity contribution is -0.143. The number of amides is 2. The Kier molecular flexibility index (Phi) is 4.87. The van der Waals surface area contributed by atoms with Gasteiger partial charge in [0, 0.05) is 31.5 Å². The first-order valence-electron chi connectivity index (χ1n) is 11.1. The maximum absolute atomic E-state index is 13.4. The number of carbonyl (C=O) groups excluding carboxylic acids is 2. The molecule has 5 fully saturated rings. The van der Waals surface area contributed by atoms with Crippen LogP contribution in [0.1, 0.15) is 50.0 Å². The van der Waals surface area contributed by atoms with Crippen molar-refractivity contribution in [3.05, 3.63) is 35.9 Å². The Bertz CT molecular complexity index is 729. The average molecular weight is 382 g/mol. The number of hydrogen-bond acceptors (Lipinski definition) is 3. The highest BCUT2D eigenvalue weighted by Crippen LogP contribution is 2.46. The minimum atomic E-state index is 0.162. The van der Waals surface area contributed by atoms with Gasteiger partial charge in [0.2, 0.25) is 11.8 Å². The predicted octanol–water partition coefficient (Wildman–Crippen LogP) is 2.48. The van der Waals surface area contributed by atoms with Gasteiger partial charge in [-0.3, -0.25) is 14.5 Å². The summed E-state index contributed by atoms with van der Waals surface area (Å²) in [5.74, 6) is 1.33. The standard InChI is InChI=1S/C23H31N3O2/c27-20-9-5-2-6-12-25(20)16-21(28)26-15-19(17-7-3-1-4-8-17)23-22(26)18-10-13-24(23)14-11-18/h1,3-4,7-8,18-19,22-23H,2,5-6,9-16H2/t19-,22+,23+/m1/s1. The topological polar surface area (TPSA) is 43.9 Å². The van der Waals surface area contributed by atoms with E-state index in [9.17, 15) is 9.59 Å². The van der Waals surface area contributed by atoms with Gasteiger partial charge in [-0.05, 0) is 50.3 Å². The number of piperidine rings is 3. The molecule has 150 valence electrons. The van der Waals surface area contributed by atoms with Gasteiger partial charge < -0.3 is 9.80 Å². The summed E-state index contributed by atoms with van der Waals surface area (Å²) >= 11 is 0. The number of likely N-dealkylation sites (tertiary alicyclic amines) is 2. The fourth-order valence-electron chi connectivity index (χ4n) is 6.16. The zero-order valence-corrected chi connectivity index (χ0v) is 16.6. The van der Waals surface area contributed by atoms with Gasteiger partial charge in [0.25, 0.3) is 0 Å². The highest BCUT2D eigenvalue weighted by Gasteiger charge is 2.54. The van der Waals surface area contributed by atoms with Gasteiger partial charge >= 0.3 is 0 Å². The molecule has 6 rings (SSSR count). The van der Waals surface area contributed by atoms with Crippen LogP contribution in [-0.2, 0) is 9.59 Å². The molecule has 5 heterocycles. The summed E-state index contributed by atoms with van der Waals surface area (Å²) in [6, 6.07) is 11.5. The van der Waals surface area contributed by atoms with Crippen LogP contribution in [-0.4, -0.2) is 71.3 Å². The Hall–Kier alpha value is -1.88. The molecule has 5 aliphatic heterocycles. The van der Waals surface area contributed by atoms with Crippen LogP contribution >= 0.6 is 0 Å². The van der Waals surface area contributed by atoms with E-state index in [0.29, 0.717) is 30.3 Å². The lowest BCUT2D eigenvalue weighted by Gasteiger charge is -2.51. The number of benzene rings is 1. The molecule has 0 spiro atoms. The summed E-state index contributed by atoms with van der Waals surface area (Å²) in [5, 5.41) is 0. The van der Waals surface area contributed by atoms with E-state index in [1.165, 1.54) is 31.5 Å². The minimum absolute atomic E-state index is 0.162. The van der Waals surface area contributed by atoms with Crippen LogP contribution in [0.2, 0.25) is 0 Å². The maximum Gasteiger partial charge on any atom is 0.242 e. The molecule has 5 aliphatic rings. The third kappa shape index (κ3) is 3.14. The van der Waals surface area contributed by atoms with Crippen molar-refractivity contribution in [2.75, 3.05) is 32.7 Å². The number of fused-ring (bicyclic) bond motifs is 2. The van der Waals surface area contributed by atoms with Gasteiger partial charge in [-0.25, -0.2) is 0 Å². The fourth-order valence-corrected chi connectivity index (χ4v) is 6.16. The summed E-state index contributed by atoms with van der Waals surface area (Å²) in [7, 11) is 0. The number of nitrogens with zero attached hydrogens (tertiary/aromatic N) is 3.